The lowest BCUT2D eigenvalue weighted by atomic mass is 9.71. The second-order valence-electron chi connectivity index (χ2n) is 6.54. The van der Waals surface area contributed by atoms with E-state index in [1.54, 1.807) is 11.1 Å². The molecule has 0 amide bonds. The van der Waals surface area contributed by atoms with Crippen molar-refractivity contribution in [3.8, 4) is 0 Å². The predicted molar refractivity (Wildman–Crippen MR) is 71.4 cm³/mol. The van der Waals surface area contributed by atoms with Crippen LogP contribution in [-0.4, -0.2) is 11.3 Å². The summed E-state index contributed by atoms with van der Waals surface area (Å²) in [6.07, 6.45) is 5.42. The minimum absolute atomic E-state index is 0.0413. The molecule has 2 aliphatic heterocycles. The molecule has 2 heterocycles. The van der Waals surface area contributed by atoms with Crippen LogP contribution < -0.4 is 5.73 Å². The molecule has 4 bridgehead atoms. The Hall–Kier alpha value is -0.860. The first-order chi connectivity index (χ1) is 8.63. The van der Waals surface area contributed by atoms with Crippen molar-refractivity contribution < 1.29 is 4.74 Å². The summed E-state index contributed by atoms with van der Waals surface area (Å²) < 4.78 is 6.34. The average molecular weight is 243 g/mol. The van der Waals surface area contributed by atoms with Crippen LogP contribution in [0.1, 0.15) is 62.0 Å². The standard InChI is InChI=1S/C16H21NO/c1-2-15-7-11-9-16(17,18-15)10-12(8-15)14-6-4-3-5-13(11)14/h3-6,11-12H,2,7-10,17H2,1H3. The van der Waals surface area contributed by atoms with E-state index in [1.165, 1.54) is 0 Å². The van der Waals surface area contributed by atoms with E-state index in [9.17, 15) is 0 Å². The fraction of sp³-hybridized carbons (Fsp3) is 0.625. The molecule has 2 heteroatoms. The van der Waals surface area contributed by atoms with Gasteiger partial charge in [0, 0.05) is 0 Å². The molecule has 2 nitrogen and oxygen atoms in total. The van der Waals surface area contributed by atoms with E-state index in [2.05, 4.69) is 31.2 Å². The molecule has 18 heavy (non-hydrogen) atoms. The zero-order valence-electron chi connectivity index (χ0n) is 11.0. The van der Waals surface area contributed by atoms with Gasteiger partial charge in [-0.25, -0.2) is 0 Å². The second kappa shape index (κ2) is 3.37. The molecule has 2 atom stereocenters. The second-order valence-corrected chi connectivity index (χ2v) is 6.54. The molecule has 0 aromatic heterocycles. The van der Waals surface area contributed by atoms with E-state index in [0.717, 1.165) is 32.1 Å². The van der Waals surface area contributed by atoms with Crippen molar-refractivity contribution in [3.63, 3.8) is 0 Å². The summed E-state index contributed by atoms with van der Waals surface area (Å²) in [6, 6.07) is 8.98. The molecule has 96 valence electrons. The molecule has 5 rings (SSSR count). The lowest BCUT2D eigenvalue weighted by Crippen LogP contribution is -2.59. The normalized spacial score (nSPS) is 44.8. The summed E-state index contributed by atoms with van der Waals surface area (Å²) in [5.74, 6) is 1.21. The summed E-state index contributed by atoms with van der Waals surface area (Å²) in [5, 5.41) is 0. The molecule has 2 aliphatic carbocycles. The van der Waals surface area contributed by atoms with Crippen LogP contribution in [0, 0.1) is 0 Å². The molecule has 0 spiro atoms. The van der Waals surface area contributed by atoms with Crippen LogP contribution in [0.4, 0.5) is 0 Å². The van der Waals surface area contributed by atoms with Crippen LogP contribution in [0.3, 0.4) is 0 Å². The Bertz CT molecular complexity index is 461. The first-order valence-electron chi connectivity index (χ1n) is 7.21. The van der Waals surface area contributed by atoms with Gasteiger partial charge in [-0.05, 0) is 55.1 Å². The molecule has 2 saturated heterocycles. The van der Waals surface area contributed by atoms with Crippen LogP contribution >= 0.6 is 0 Å². The Labute approximate surface area is 109 Å². The Morgan fingerprint density at radius 3 is 2.17 bits per heavy atom. The number of hydrogen-bond acceptors (Lipinski definition) is 2. The van der Waals surface area contributed by atoms with Crippen molar-refractivity contribution in [2.75, 3.05) is 0 Å². The fourth-order valence-electron chi connectivity index (χ4n) is 4.70. The van der Waals surface area contributed by atoms with Crippen LogP contribution in [0.2, 0.25) is 0 Å². The predicted octanol–water partition coefficient (Wildman–Crippen LogP) is 3.28. The van der Waals surface area contributed by atoms with E-state index in [4.69, 9.17) is 10.5 Å². The molecule has 4 aliphatic rings. The van der Waals surface area contributed by atoms with Crippen LogP contribution in [0.5, 0.6) is 0 Å². The smallest absolute Gasteiger partial charge is 0.118 e. The quantitative estimate of drug-likeness (QED) is 0.821. The Morgan fingerprint density at radius 2 is 1.67 bits per heavy atom. The lowest BCUT2D eigenvalue weighted by Gasteiger charge is -2.53. The molecule has 1 aromatic carbocycles. The van der Waals surface area contributed by atoms with Gasteiger partial charge in [0.05, 0.1) is 5.60 Å². The lowest BCUT2D eigenvalue weighted by molar-refractivity contribution is -0.226. The molecule has 0 radical (unpaired) electrons. The van der Waals surface area contributed by atoms with Crippen molar-refractivity contribution in [2.45, 2.75) is 62.2 Å². The summed E-state index contributed by atoms with van der Waals surface area (Å²) in [5.41, 5.74) is 9.30. The highest BCUT2D eigenvalue weighted by Crippen LogP contribution is 2.58. The minimum Gasteiger partial charge on any atom is -0.354 e. The maximum Gasteiger partial charge on any atom is 0.118 e. The maximum atomic E-state index is 6.54. The number of ether oxygens (including phenoxy) is 1. The monoisotopic (exact) mass is 243 g/mol. The Balaban J connectivity index is 1.91. The van der Waals surface area contributed by atoms with Gasteiger partial charge in [0.25, 0.3) is 0 Å². The zero-order chi connectivity index (χ0) is 12.4. The summed E-state index contributed by atoms with van der Waals surface area (Å²) >= 11 is 0. The van der Waals surface area contributed by atoms with Crippen molar-refractivity contribution in [1.82, 2.24) is 0 Å². The molecule has 2 N–H and O–H groups in total. The van der Waals surface area contributed by atoms with E-state index in [0.29, 0.717) is 11.8 Å². The number of rotatable bonds is 1. The first kappa shape index (κ1) is 11.0. The van der Waals surface area contributed by atoms with Crippen LogP contribution in [0.25, 0.3) is 0 Å². The van der Waals surface area contributed by atoms with Crippen molar-refractivity contribution in [2.24, 2.45) is 5.73 Å². The third-order valence-corrected chi connectivity index (χ3v) is 5.36. The molecule has 2 fully saturated rings. The van der Waals surface area contributed by atoms with Gasteiger partial charge in [-0.3, -0.25) is 0 Å². The minimum atomic E-state index is -0.374. The highest BCUT2D eigenvalue weighted by Gasteiger charge is 2.55. The largest absolute Gasteiger partial charge is 0.354 e. The van der Waals surface area contributed by atoms with Crippen LogP contribution in [0.15, 0.2) is 24.3 Å². The SMILES string of the molecule is CCC12CC3CC(N)(CC(C1)c1ccccc13)O2. The van der Waals surface area contributed by atoms with Gasteiger partial charge < -0.3 is 10.5 Å². The molecule has 0 saturated carbocycles. The Kier molecular flexibility index (Phi) is 2.06. The Morgan fingerprint density at radius 1 is 1.11 bits per heavy atom. The summed E-state index contributed by atoms with van der Waals surface area (Å²) in [7, 11) is 0. The van der Waals surface area contributed by atoms with Crippen molar-refractivity contribution in [1.29, 1.82) is 0 Å². The molecular formula is C16H21NO. The van der Waals surface area contributed by atoms with E-state index in [-0.39, 0.29) is 11.3 Å². The van der Waals surface area contributed by atoms with Gasteiger partial charge in [0.2, 0.25) is 0 Å². The van der Waals surface area contributed by atoms with Gasteiger partial charge in [-0.15, -0.1) is 0 Å². The van der Waals surface area contributed by atoms with Crippen molar-refractivity contribution in [3.05, 3.63) is 35.4 Å². The number of benzene rings is 1. The van der Waals surface area contributed by atoms with E-state index < -0.39 is 0 Å². The zero-order valence-corrected chi connectivity index (χ0v) is 11.0. The van der Waals surface area contributed by atoms with E-state index >= 15 is 0 Å². The molecular weight excluding hydrogens is 222 g/mol. The van der Waals surface area contributed by atoms with Gasteiger partial charge >= 0.3 is 0 Å². The fourth-order valence-corrected chi connectivity index (χ4v) is 4.70. The van der Waals surface area contributed by atoms with Crippen molar-refractivity contribution >= 4 is 0 Å². The van der Waals surface area contributed by atoms with Gasteiger partial charge in [-0.1, -0.05) is 31.2 Å². The maximum absolute atomic E-state index is 6.54. The number of hydrogen-bond donors (Lipinski definition) is 1. The highest BCUT2D eigenvalue weighted by atomic mass is 16.5. The number of nitrogens with two attached hydrogens (primary N) is 1. The van der Waals surface area contributed by atoms with Gasteiger partial charge in [-0.2, -0.15) is 0 Å². The summed E-state index contributed by atoms with van der Waals surface area (Å²) in [6.45, 7) is 2.25. The van der Waals surface area contributed by atoms with Gasteiger partial charge in [0.1, 0.15) is 5.72 Å². The summed E-state index contributed by atoms with van der Waals surface area (Å²) in [4.78, 5) is 0. The van der Waals surface area contributed by atoms with Crippen LogP contribution in [-0.2, 0) is 4.74 Å². The van der Waals surface area contributed by atoms with E-state index in [1.807, 2.05) is 0 Å². The average Bonchev–Trinajstić information content (AvgIpc) is 2.50. The molecule has 2 unspecified atom stereocenters. The first-order valence-corrected chi connectivity index (χ1v) is 7.21. The highest BCUT2D eigenvalue weighted by molar-refractivity contribution is 5.39. The third kappa shape index (κ3) is 1.36. The van der Waals surface area contributed by atoms with Gasteiger partial charge in [0.15, 0.2) is 0 Å². The third-order valence-electron chi connectivity index (χ3n) is 5.36. The topological polar surface area (TPSA) is 35.2 Å². The molecule has 1 aromatic rings.